The average Bonchev–Trinajstić information content (AvgIpc) is 2.85. The second-order valence-corrected chi connectivity index (χ2v) is 5.46. The number of fused-ring (bicyclic) bond motifs is 1. The van der Waals surface area contributed by atoms with Gasteiger partial charge in [-0.05, 0) is 37.1 Å². The van der Waals surface area contributed by atoms with Crippen molar-refractivity contribution < 1.29 is 9.32 Å². The molecule has 4 nitrogen and oxygen atoms in total. The Balaban J connectivity index is 1.91. The normalized spacial score (nSPS) is 12.3. The zero-order valence-electron chi connectivity index (χ0n) is 12.9. The predicted molar refractivity (Wildman–Crippen MR) is 85.8 cm³/mol. The number of rotatable bonds is 3. The molecule has 2 aromatic carbocycles. The van der Waals surface area contributed by atoms with E-state index < -0.39 is 0 Å². The summed E-state index contributed by atoms with van der Waals surface area (Å²) in [6.45, 7) is 5.50. The number of benzene rings is 2. The maximum atomic E-state index is 12.5. The zero-order chi connectivity index (χ0) is 15.7. The van der Waals surface area contributed by atoms with Crippen molar-refractivity contribution in [3.8, 4) is 0 Å². The van der Waals surface area contributed by atoms with Gasteiger partial charge < -0.3 is 9.84 Å². The van der Waals surface area contributed by atoms with E-state index in [4.69, 9.17) is 4.52 Å². The number of carbonyl (C=O) groups is 1. The SMILES string of the molecule is Cc1noc(C)c1C(=O)NC(C)c1cccc2ccccc12. The van der Waals surface area contributed by atoms with Crippen molar-refractivity contribution in [1.29, 1.82) is 0 Å². The summed E-state index contributed by atoms with van der Waals surface area (Å²) >= 11 is 0. The third-order valence-corrected chi connectivity index (χ3v) is 3.90. The third kappa shape index (κ3) is 2.48. The van der Waals surface area contributed by atoms with Crippen LogP contribution >= 0.6 is 0 Å². The van der Waals surface area contributed by atoms with Gasteiger partial charge in [-0.15, -0.1) is 0 Å². The summed E-state index contributed by atoms with van der Waals surface area (Å²) in [5.74, 6) is 0.386. The zero-order valence-corrected chi connectivity index (χ0v) is 12.9. The summed E-state index contributed by atoms with van der Waals surface area (Å²) < 4.78 is 5.06. The number of aromatic nitrogens is 1. The van der Waals surface area contributed by atoms with E-state index in [1.807, 2.05) is 31.2 Å². The fraction of sp³-hybridized carbons (Fsp3) is 0.222. The van der Waals surface area contributed by atoms with Crippen molar-refractivity contribution in [2.75, 3.05) is 0 Å². The van der Waals surface area contributed by atoms with E-state index in [1.54, 1.807) is 13.8 Å². The molecule has 1 unspecified atom stereocenters. The Labute approximate surface area is 129 Å². The number of hydrogen-bond donors (Lipinski definition) is 1. The van der Waals surface area contributed by atoms with Gasteiger partial charge in [-0.3, -0.25) is 4.79 Å². The first kappa shape index (κ1) is 14.3. The highest BCUT2D eigenvalue weighted by Gasteiger charge is 2.20. The van der Waals surface area contributed by atoms with Crippen molar-refractivity contribution in [3.05, 3.63) is 65.0 Å². The van der Waals surface area contributed by atoms with Crippen LogP contribution in [0.15, 0.2) is 47.0 Å². The molecule has 0 aliphatic carbocycles. The minimum atomic E-state index is -0.156. The molecule has 1 N–H and O–H groups in total. The molecule has 0 aliphatic rings. The summed E-state index contributed by atoms with van der Waals surface area (Å²) in [5, 5.41) is 9.18. The highest BCUT2D eigenvalue weighted by atomic mass is 16.5. The molecule has 0 aliphatic heterocycles. The molecule has 3 aromatic rings. The molecule has 0 saturated heterocycles. The van der Waals surface area contributed by atoms with Crippen molar-refractivity contribution in [3.63, 3.8) is 0 Å². The second kappa shape index (κ2) is 5.64. The van der Waals surface area contributed by atoms with Crippen LogP contribution < -0.4 is 5.32 Å². The molecule has 1 atom stereocenters. The van der Waals surface area contributed by atoms with Gasteiger partial charge in [0, 0.05) is 0 Å². The van der Waals surface area contributed by atoms with E-state index in [1.165, 1.54) is 5.39 Å². The monoisotopic (exact) mass is 294 g/mol. The number of amides is 1. The lowest BCUT2D eigenvalue weighted by molar-refractivity contribution is 0.0938. The Hall–Kier alpha value is -2.62. The highest BCUT2D eigenvalue weighted by Crippen LogP contribution is 2.24. The summed E-state index contributed by atoms with van der Waals surface area (Å²) in [6, 6.07) is 14.2. The first-order valence-electron chi connectivity index (χ1n) is 7.29. The Bertz CT molecular complexity index is 811. The number of carbonyl (C=O) groups excluding carboxylic acids is 1. The van der Waals surface area contributed by atoms with Gasteiger partial charge in [-0.2, -0.15) is 0 Å². The number of nitrogens with zero attached hydrogens (tertiary/aromatic N) is 1. The fourth-order valence-electron chi connectivity index (χ4n) is 2.78. The predicted octanol–water partition coefficient (Wildman–Crippen LogP) is 3.94. The molecule has 1 amide bonds. The molecule has 3 rings (SSSR count). The molecule has 0 spiro atoms. The maximum Gasteiger partial charge on any atom is 0.257 e. The largest absolute Gasteiger partial charge is 0.361 e. The van der Waals surface area contributed by atoms with E-state index in [0.29, 0.717) is 17.0 Å². The summed E-state index contributed by atoms with van der Waals surface area (Å²) in [5.41, 5.74) is 2.23. The first-order valence-corrected chi connectivity index (χ1v) is 7.29. The maximum absolute atomic E-state index is 12.5. The average molecular weight is 294 g/mol. The van der Waals surface area contributed by atoms with Crippen molar-refractivity contribution >= 4 is 16.7 Å². The molecule has 0 fully saturated rings. The minimum Gasteiger partial charge on any atom is -0.361 e. The fourth-order valence-corrected chi connectivity index (χ4v) is 2.78. The van der Waals surface area contributed by atoms with Crippen LogP contribution in [-0.2, 0) is 0 Å². The van der Waals surface area contributed by atoms with Gasteiger partial charge in [0.05, 0.1) is 11.7 Å². The van der Waals surface area contributed by atoms with Gasteiger partial charge >= 0.3 is 0 Å². The van der Waals surface area contributed by atoms with Crippen molar-refractivity contribution in [1.82, 2.24) is 10.5 Å². The summed E-state index contributed by atoms with van der Waals surface area (Å²) in [4.78, 5) is 12.5. The lowest BCUT2D eigenvalue weighted by Crippen LogP contribution is -2.27. The molecular formula is C18H18N2O2. The van der Waals surface area contributed by atoms with Crippen LogP contribution in [0.3, 0.4) is 0 Å². The van der Waals surface area contributed by atoms with E-state index in [2.05, 4.69) is 28.7 Å². The van der Waals surface area contributed by atoms with Gasteiger partial charge in [-0.25, -0.2) is 0 Å². The first-order chi connectivity index (χ1) is 10.6. The smallest absolute Gasteiger partial charge is 0.257 e. The Morgan fingerprint density at radius 3 is 2.59 bits per heavy atom. The minimum absolute atomic E-state index is 0.104. The van der Waals surface area contributed by atoms with E-state index in [9.17, 15) is 4.79 Å². The van der Waals surface area contributed by atoms with E-state index >= 15 is 0 Å². The Morgan fingerprint density at radius 1 is 1.14 bits per heavy atom. The lowest BCUT2D eigenvalue weighted by atomic mass is 9.99. The third-order valence-electron chi connectivity index (χ3n) is 3.90. The molecule has 4 heteroatoms. The highest BCUT2D eigenvalue weighted by molar-refractivity contribution is 5.96. The van der Waals surface area contributed by atoms with Crippen LogP contribution in [0, 0.1) is 13.8 Å². The van der Waals surface area contributed by atoms with E-state index in [-0.39, 0.29) is 11.9 Å². The van der Waals surface area contributed by atoms with Crippen LogP contribution in [0.5, 0.6) is 0 Å². The van der Waals surface area contributed by atoms with Crippen LogP contribution in [0.4, 0.5) is 0 Å². The summed E-state index contributed by atoms with van der Waals surface area (Å²) in [6.07, 6.45) is 0. The van der Waals surface area contributed by atoms with Gasteiger partial charge in [-0.1, -0.05) is 47.6 Å². The molecule has 0 bridgehead atoms. The van der Waals surface area contributed by atoms with Crippen LogP contribution in [-0.4, -0.2) is 11.1 Å². The molecule has 0 saturated carbocycles. The standard InChI is InChI=1S/C18H18N2O2/c1-11(19-18(21)17-12(2)20-22-13(17)3)15-10-6-8-14-7-4-5-9-16(14)15/h4-11H,1-3H3,(H,19,21). The molecule has 22 heavy (non-hydrogen) atoms. The molecular weight excluding hydrogens is 276 g/mol. The quantitative estimate of drug-likeness (QED) is 0.796. The number of nitrogens with one attached hydrogen (secondary N) is 1. The van der Waals surface area contributed by atoms with Crippen molar-refractivity contribution in [2.24, 2.45) is 0 Å². The van der Waals surface area contributed by atoms with Crippen LogP contribution in [0.1, 0.15) is 40.3 Å². The lowest BCUT2D eigenvalue weighted by Gasteiger charge is -2.16. The van der Waals surface area contributed by atoms with Gasteiger partial charge in [0.2, 0.25) is 0 Å². The molecule has 112 valence electrons. The van der Waals surface area contributed by atoms with Gasteiger partial charge in [0.1, 0.15) is 11.3 Å². The topological polar surface area (TPSA) is 55.1 Å². The Morgan fingerprint density at radius 2 is 1.86 bits per heavy atom. The van der Waals surface area contributed by atoms with Gasteiger partial charge in [0.15, 0.2) is 0 Å². The Kier molecular flexibility index (Phi) is 3.67. The summed E-state index contributed by atoms with van der Waals surface area (Å²) in [7, 11) is 0. The molecule has 1 heterocycles. The number of aryl methyl sites for hydroxylation is 2. The molecule has 0 radical (unpaired) electrons. The number of hydrogen-bond acceptors (Lipinski definition) is 3. The van der Waals surface area contributed by atoms with Gasteiger partial charge in [0.25, 0.3) is 5.91 Å². The van der Waals surface area contributed by atoms with E-state index in [0.717, 1.165) is 10.9 Å². The van der Waals surface area contributed by atoms with Crippen LogP contribution in [0.25, 0.3) is 10.8 Å². The van der Waals surface area contributed by atoms with Crippen molar-refractivity contribution in [2.45, 2.75) is 26.8 Å². The second-order valence-electron chi connectivity index (χ2n) is 5.46. The molecule has 1 aromatic heterocycles. The van der Waals surface area contributed by atoms with Crippen LogP contribution in [0.2, 0.25) is 0 Å².